The summed E-state index contributed by atoms with van der Waals surface area (Å²) in [6.07, 6.45) is 2.07. The lowest BCUT2D eigenvalue weighted by Gasteiger charge is -2.14. The van der Waals surface area contributed by atoms with Crippen molar-refractivity contribution in [3.8, 4) is 5.75 Å². The van der Waals surface area contributed by atoms with Gasteiger partial charge in [0.05, 0.1) is 30.4 Å². The smallest absolute Gasteiger partial charge is 0.416 e. The van der Waals surface area contributed by atoms with Crippen LogP contribution in [-0.2, 0) is 12.7 Å². The number of thioether (sulfide) groups is 1. The normalized spacial score (nSPS) is 11.6. The fourth-order valence-electron chi connectivity index (χ4n) is 3.60. The molecule has 0 radical (unpaired) electrons. The summed E-state index contributed by atoms with van der Waals surface area (Å²) in [5.41, 5.74) is -0.589. The number of amides is 1. The number of nitrogens with zero attached hydrogens (tertiary/aromatic N) is 4. The topological polar surface area (TPSA) is 114 Å². The number of H-pyrrole nitrogens is 1. The van der Waals surface area contributed by atoms with Gasteiger partial charge in [-0.2, -0.15) is 28.6 Å². The second-order valence-electron chi connectivity index (χ2n) is 8.39. The van der Waals surface area contributed by atoms with Gasteiger partial charge in [-0.1, -0.05) is 6.07 Å². The van der Waals surface area contributed by atoms with Gasteiger partial charge in [0.25, 0.3) is 5.91 Å². The van der Waals surface area contributed by atoms with Crippen LogP contribution in [0, 0.1) is 0 Å². The number of hydrogen-bond donors (Lipinski definition) is 1. The first kappa shape index (κ1) is 27.2. The number of aromatic nitrogens is 4. The van der Waals surface area contributed by atoms with E-state index in [4.69, 9.17) is 9.15 Å². The van der Waals surface area contributed by atoms with Crippen molar-refractivity contribution in [2.75, 3.05) is 19.4 Å². The van der Waals surface area contributed by atoms with Gasteiger partial charge in [0.2, 0.25) is 11.2 Å². The second kappa shape index (κ2) is 12.1. The van der Waals surface area contributed by atoms with Crippen LogP contribution in [0.3, 0.4) is 0 Å². The molecule has 0 atom stereocenters. The zero-order valence-electron chi connectivity index (χ0n) is 20.3. The summed E-state index contributed by atoms with van der Waals surface area (Å²) in [6.45, 7) is 0.410. The van der Waals surface area contributed by atoms with Crippen molar-refractivity contribution in [3.63, 3.8) is 0 Å². The lowest BCUT2D eigenvalue weighted by atomic mass is 10.1. The molecule has 13 heteroatoms. The number of pyridine rings is 1. The molecule has 200 valence electrons. The summed E-state index contributed by atoms with van der Waals surface area (Å²) in [7, 11) is 1.56. The summed E-state index contributed by atoms with van der Waals surface area (Å²) < 4.78 is 49.8. The van der Waals surface area contributed by atoms with Crippen LogP contribution < -0.4 is 10.2 Å². The monoisotopic (exact) mass is 547 g/mol. The maximum atomic E-state index is 12.9. The molecule has 1 amide bonds. The third-order valence-corrected chi connectivity index (χ3v) is 6.72. The second-order valence-corrected chi connectivity index (χ2v) is 9.52. The first-order valence-corrected chi connectivity index (χ1v) is 12.7. The van der Waals surface area contributed by atoms with Crippen molar-refractivity contribution in [1.29, 1.82) is 0 Å². The molecule has 0 fully saturated rings. The number of unbranched alkanes of at least 4 members (excludes halogenated alkanes) is 2. The lowest BCUT2D eigenvalue weighted by Crippen LogP contribution is -2.27. The quantitative estimate of drug-likeness (QED) is 0.208. The van der Waals surface area contributed by atoms with E-state index in [-0.39, 0.29) is 29.3 Å². The number of carbonyl (C=O) groups is 1. The van der Waals surface area contributed by atoms with Crippen molar-refractivity contribution in [1.82, 2.24) is 25.3 Å². The molecule has 3 aromatic heterocycles. The number of alkyl halides is 3. The molecule has 0 bridgehead atoms. The van der Waals surface area contributed by atoms with Crippen LogP contribution in [0.15, 0.2) is 63.1 Å². The molecule has 38 heavy (non-hydrogen) atoms. The van der Waals surface area contributed by atoms with Gasteiger partial charge < -0.3 is 14.1 Å². The molecule has 4 aromatic rings. The Balaban J connectivity index is 1.19. The SMILES string of the molecule is CN(Cc1cc(=O)c(OCCCCCSc2ccnc3cc(C(F)(F)F)ccc23)co1)C(=O)c1cn[nH]n1. The zero-order valence-corrected chi connectivity index (χ0v) is 21.1. The van der Waals surface area contributed by atoms with Gasteiger partial charge >= 0.3 is 6.18 Å². The molecule has 0 saturated heterocycles. The molecule has 0 saturated carbocycles. The number of ether oxygens (including phenoxy) is 1. The van der Waals surface area contributed by atoms with Gasteiger partial charge in [0.1, 0.15) is 12.0 Å². The van der Waals surface area contributed by atoms with Gasteiger partial charge in [-0.3, -0.25) is 14.6 Å². The highest BCUT2D eigenvalue weighted by atomic mass is 32.2. The molecule has 1 N–H and O–H groups in total. The Morgan fingerprint density at radius 2 is 2.03 bits per heavy atom. The van der Waals surface area contributed by atoms with Gasteiger partial charge in [-0.05, 0) is 43.2 Å². The lowest BCUT2D eigenvalue weighted by molar-refractivity contribution is -0.137. The highest BCUT2D eigenvalue weighted by molar-refractivity contribution is 7.99. The van der Waals surface area contributed by atoms with E-state index < -0.39 is 11.7 Å². The molecule has 0 unspecified atom stereocenters. The van der Waals surface area contributed by atoms with Crippen LogP contribution in [0.4, 0.5) is 13.2 Å². The van der Waals surface area contributed by atoms with Crippen molar-refractivity contribution < 1.29 is 27.1 Å². The first-order valence-electron chi connectivity index (χ1n) is 11.7. The minimum absolute atomic E-state index is 0.0785. The summed E-state index contributed by atoms with van der Waals surface area (Å²) in [5, 5.41) is 10.4. The minimum Gasteiger partial charge on any atom is -0.487 e. The molecule has 0 spiro atoms. The first-order chi connectivity index (χ1) is 18.2. The van der Waals surface area contributed by atoms with Crippen LogP contribution >= 0.6 is 11.8 Å². The summed E-state index contributed by atoms with van der Waals surface area (Å²) in [5.74, 6) is 0.803. The zero-order chi connectivity index (χ0) is 27.1. The predicted molar refractivity (Wildman–Crippen MR) is 134 cm³/mol. The molecule has 3 heterocycles. The number of carbonyl (C=O) groups excluding carboxylic acids is 1. The Morgan fingerprint density at radius 1 is 1.18 bits per heavy atom. The van der Waals surface area contributed by atoms with E-state index in [1.165, 1.54) is 35.7 Å². The third kappa shape index (κ3) is 6.91. The standard InChI is InChI=1S/C25H24F3N5O4S/c1-33(24(35)20-13-30-32-31-20)14-17-12-21(34)22(15-37-17)36-9-3-2-4-10-38-23-7-8-29-19-11-16(25(26,27)28)5-6-18(19)23/h5-8,11-13,15H,2-4,9-10,14H2,1H3,(H,30,31,32). The van der Waals surface area contributed by atoms with Gasteiger partial charge in [0.15, 0.2) is 5.69 Å². The molecule has 4 rings (SSSR count). The highest BCUT2D eigenvalue weighted by Crippen LogP contribution is 2.34. The van der Waals surface area contributed by atoms with Crippen LogP contribution in [-0.4, -0.2) is 50.6 Å². The summed E-state index contributed by atoms with van der Waals surface area (Å²) in [4.78, 5) is 30.9. The van der Waals surface area contributed by atoms with Crippen LogP contribution in [0.2, 0.25) is 0 Å². The molecular formula is C25H24F3N5O4S. The van der Waals surface area contributed by atoms with Crippen molar-refractivity contribution in [2.24, 2.45) is 0 Å². The average Bonchev–Trinajstić information content (AvgIpc) is 3.43. The molecule has 9 nitrogen and oxygen atoms in total. The number of aromatic amines is 1. The molecule has 0 aliphatic rings. The third-order valence-electron chi connectivity index (χ3n) is 5.56. The van der Waals surface area contributed by atoms with E-state index in [9.17, 15) is 22.8 Å². The average molecular weight is 548 g/mol. The van der Waals surface area contributed by atoms with Crippen molar-refractivity contribution in [3.05, 3.63) is 76.2 Å². The van der Waals surface area contributed by atoms with Crippen LogP contribution in [0.1, 0.15) is 41.1 Å². The number of nitrogens with one attached hydrogen (secondary N) is 1. The fraction of sp³-hybridized carbons (Fsp3) is 0.320. The van der Waals surface area contributed by atoms with Gasteiger partial charge in [0, 0.05) is 29.6 Å². The van der Waals surface area contributed by atoms with E-state index >= 15 is 0 Å². The van der Waals surface area contributed by atoms with E-state index in [0.717, 1.165) is 35.6 Å². The Kier molecular flexibility index (Phi) is 8.66. The highest BCUT2D eigenvalue weighted by Gasteiger charge is 2.30. The maximum absolute atomic E-state index is 12.9. The maximum Gasteiger partial charge on any atom is 0.416 e. The number of hydrogen-bond acceptors (Lipinski definition) is 8. The summed E-state index contributed by atoms with van der Waals surface area (Å²) in [6, 6.07) is 6.69. The Hall–Kier alpha value is -3.87. The number of fused-ring (bicyclic) bond motifs is 1. The van der Waals surface area contributed by atoms with Gasteiger partial charge in [-0.15, -0.1) is 11.8 Å². The van der Waals surface area contributed by atoms with E-state index in [2.05, 4.69) is 20.4 Å². The van der Waals surface area contributed by atoms with Gasteiger partial charge in [-0.25, -0.2) is 0 Å². The van der Waals surface area contributed by atoms with E-state index in [1.807, 2.05) is 0 Å². The van der Waals surface area contributed by atoms with E-state index in [0.29, 0.717) is 29.7 Å². The fourth-order valence-corrected chi connectivity index (χ4v) is 4.66. The number of rotatable bonds is 11. The Bertz CT molecular complexity index is 1440. The molecular weight excluding hydrogens is 523 g/mol. The Labute approximate surface area is 219 Å². The van der Waals surface area contributed by atoms with Crippen molar-refractivity contribution >= 4 is 28.6 Å². The molecule has 0 aliphatic heterocycles. The minimum atomic E-state index is -4.40. The largest absolute Gasteiger partial charge is 0.487 e. The molecule has 0 aliphatic carbocycles. The number of halogens is 3. The van der Waals surface area contributed by atoms with E-state index in [1.54, 1.807) is 24.9 Å². The molecule has 1 aromatic carbocycles. The number of benzene rings is 1. The summed E-state index contributed by atoms with van der Waals surface area (Å²) >= 11 is 1.56. The Morgan fingerprint density at radius 3 is 2.76 bits per heavy atom. The van der Waals surface area contributed by atoms with Crippen LogP contribution in [0.25, 0.3) is 10.9 Å². The predicted octanol–water partition coefficient (Wildman–Crippen LogP) is 4.94. The van der Waals surface area contributed by atoms with Crippen molar-refractivity contribution in [2.45, 2.75) is 36.9 Å². The van der Waals surface area contributed by atoms with Crippen LogP contribution in [0.5, 0.6) is 5.75 Å².